The molecular weight excluding hydrogens is 238 g/mol. The van der Waals surface area contributed by atoms with E-state index in [-0.39, 0.29) is 12.3 Å². The fraction of sp³-hybridized carbons (Fsp3) is 0.250. The van der Waals surface area contributed by atoms with Crippen molar-refractivity contribution in [1.29, 1.82) is 0 Å². The van der Waals surface area contributed by atoms with Crippen molar-refractivity contribution in [3.8, 4) is 5.75 Å². The summed E-state index contributed by atoms with van der Waals surface area (Å²) < 4.78 is 5.35. The van der Waals surface area contributed by atoms with Crippen LogP contribution in [-0.2, 0) is 4.79 Å². The lowest BCUT2D eigenvalue weighted by molar-refractivity contribution is -0.385. The van der Waals surface area contributed by atoms with E-state index < -0.39 is 10.9 Å². The van der Waals surface area contributed by atoms with Crippen LogP contribution in [0.2, 0.25) is 0 Å². The summed E-state index contributed by atoms with van der Waals surface area (Å²) in [7, 11) is 0. The molecule has 1 aromatic rings. The molecule has 0 bridgehead atoms. The Kier molecular flexibility index (Phi) is 4.42. The Morgan fingerprint density at radius 1 is 1.56 bits per heavy atom. The molecule has 6 nitrogen and oxygen atoms in total. The summed E-state index contributed by atoms with van der Waals surface area (Å²) in [5.41, 5.74) is 0.923. The highest BCUT2D eigenvalue weighted by Gasteiger charge is 2.13. The van der Waals surface area contributed by atoms with Gasteiger partial charge in [0, 0.05) is 12.1 Å². The molecule has 1 rings (SSSR count). The van der Waals surface area contributed by atoms with E-state index in [9.17, 15) is 14.9 Å². The van der Waals surface area contributed by atoms with Gasteiger partial charge in [-0.2, -0.15) is 0 Å². The SMILES string of the molecule is CC(=CC(=O)O)COc1cccc([N+](=O)[O-])c1C. The highest BCUT2D eigenvalue weighted by atomic mass is 16.6. The normalized spacial score (nSPS) is 11.1. The Bertz CT molecular complexity index is 507. The number of hydrogen-bond donors (Lipinski definition) is 1. The molecule has 0 fully saturated rings. The van der Waals surface area contributed by atoms with Gasteiger partial charge in [-0.25, -0.2) is 4.79 Å². The molecule has 6 heteroatoms. The number of carboxylic acid groups (broad SMARTS) is 1. The lowest BCUT2D eigenvalue weighted by Crippen LogP contribution is -2.03. The Morgan fingerprint density at radius 3 is 2.78 bits per heavy atom. The second kappa shape index (κ2) is 5.81. The van der Waals surface area contributed by atoms with Crippen LogP contribution in [0.4, 0.5) is 5.69 Å². The summed E-state index contributed by atoms with van der Waals surface area (Å²) in [6, 6.07) is 4.52. The maximum absolute atomic E-state index is 10.7. The number of nitro groups is 1. The second-order valence-corrected chi connectivity index (χ2v) is 3.77. The molecule has 0 aliphatic rings. The van der Waals surface area contributed by atoms with Crippen molar-refractivity contribution in [2.24, 2.45) is 0 Å². The van der Waals surface area contributed by atoms with E-state index in [4.69, 9.17) is 9.84 Å². The number of nitrogens with zero attached hydrogens (tertiary/aromatic N) is 1. The van der Waals surface area contributed by atoms with Crippen LogP contribution in [0.25, 0.3) is 0 Å². The van der Waals surface area contributed by atoms with Gasteiger partial charge in [0.05, 0.1) is 10.5 Å². The zero-order valence-electron chi connectivity index (χ0n) is 10.0. The van der Waals surface area contributed by atoms with Gasteiger partial charge < -0.3 is 9.84 Å². The van der Waals surface area contributed by atoms with Crippen LogP contribution in [0.15, 0.2) is 29.8 Å². The van der Waals surface area contributed by atoms with Gasteiger partial charge >= 0.3 is 5.97 Å². The highest BCUT2D eigenvalue weighted by Crippen LogP contribution is 2.27. The molecule has 0 spiro atoms. The third kappa shape index (κ3) is 3.58. The van der Waals surface area contributed by atoms with Crippen molar-refractivity contribution in [3.63, 3.8) is 0 Å². The Labute approximate surface area is 104 Å². The predicted octanol–water partition coefficient (Wildman–Crippen LogP) is 2.31. The molecule has 0 aliphatic heterocycles. The maximum Gasteiger partial charge on any atom is 0.328 e. The van der Waals surface area contributed by atoms with Crippen LogP contribution in [-0.4, -0.2) is 22.6 Å². The van der Waals surface area contributed by atoms with Gasteiger partial charge in [0.15, 0.2) is 0 Å². The van der Waals surface area contributed by atoms with E-state index in [2.05, 4.69) is 0 Å². The average molecular weight is 251 g/mol. The molecule has 0 unspecified atom stereocenters. The number of ether oxygens (including phenoxy) is 1. The number of aliphatic carboxylic acids is 1. The topological polar surface area (TPSA) is 89.7 Å². The van der Waals surface area contributed by atoms with Gasteiger partial charge in [0.2, 0.25) is 0 Å². The van der Waals surface area contributed by atoms with Gasteiger partial charge in [0.25, 0.3) is 5.69 Å². The minimum absolute atomic E-state index is 0.0210. The van der Waals surface area contributed by atoms with Crippen molar-refractivity contribution in [1.82, 2.24) is 0 Å². The first-order valence-corrected chi connectivity index (χ1v) is 5.18. The van der Waals surface area contributed by atoms with E-state index in [0.717, 1.165) is 6.08 Å². The molecule has 0 heterocycles. The molecule has 0 aromatic heterocycles. The number of nitro benzene ring substituents is 1. The van der Waals surface area contributed by atoms with E-state index in [1.165, 1.54) is 12.1 Å². The lowest BCUT2D eigenvalue weighted by atomic mass is 10.2. The van der Waals surface area contributed by atoms with Crippen LogP contribution in [0.5, 0.6) is 5.75 Å². The standard InChI is InChI=1S/C12H13NO5/c1-8(6-12(14)15)7-18-11-5-3-4-10(9(11)2)13(16)17/h3-6H,7H2,1-2H3,(H,14,15). The van der Waals surface area contributed by atoms with Crippen molar-refractivity contribution in [3.05, 3.63) is 45.5 Å². The Hall–Kier alpha value is -2.37. The smallest absolute Gasteiger partial charge is 0.328 e. The highest BCUT2D eigenvalue weighted by molar-refractivity contribution is 5.80. The summed E-state index contributed by atoms with van der Waals surface area (Å²) >= 11 is 0. The summed E-state index contributed by atoms with van der Waals surface area (Å²) in [5.74, 6) is -0.672. The zero-order chi connectivity index (χ0) is 13.7. The monoisotopic (exact) mass is 251 g/mol. The first kappa shape index (κ1) is 13.7. The van der Waals surface area contributed by atoms with Crippen LogP contribution < -0.4 is 4.74 Å². The largest absolute Gasteiger partial charge is 0.489 e. The second-order valence-electron chi connectivity index (χ2n) is 3.77. The molecule has 0 radical (unpaired) electrons. The van der Waals surface area contributed by atoms with E-state index in [0.29, 0.717) is 16.9 Å². The molecule has 0 saturated heterocycles. The van der Waals surface area contributed by atoms with Crippen molar-refractivity contribution >= 4 is 11.7 Å². The van der Waals surface area contributed by atoms with E-state index in [1.54, 1.807) is 19.9 Å². The number of rotatable bonds is 5. The average Bonchev–Trinajstić information content (AvgIpc) is 2.26. The van der Waals surface area contributed by atoms with Crippen molar-refractivity contribution in [2.45, 2.75) is 13.8 Å². The molecule has 1 N–H and O–H groups in total. The lowest BCUT2D eigenvalue weighted by Gasteiger charge is -2.09. The summed E-state index contributed by atoms with van der Waals surface area (Å²) in [6.45, 7) is 3.28. The molecule has 96 valence electrons. The van der Waals surface area contributed by atoms with Crippen LogP contribution in [0.1, 0.15) is 12.5 Å². The van der Waals surface area contributed by atoms with Gasteiger partial charge in [-0.05, 0) is 25.5 Å². The van der Waals surface area contributed by atoms with Gasteiger partial charge in [-0.1, -0.05) is 6.07 Å². The minimum atomic E-state index is -1.05. The van der Waals surface area contributed by atoms with Crippen LogP contribution >= 0.6 is 0 Å². The fourth-order valence-electron chi connectivity index (χ4n) is 1.40. The quantitative estimate of drug-likeness (QED) is 0.492. The van der Waals surface area contributed by atoms with Crippen LogP contribution in [0.3, 0.4) is 0 Å². The number of hydrogen-bond acceptors (Lipinski definition) is 4. The molecule has 0 aliphatic carbocycles. The van der Waals surface area contributed by atoms with Gasteiger partial charge in [-0.3, -0.25) is 10.1 Å². The molecule has 0 saturated carbocycles. The third-order valence-corrected chi connectivity index (χ3v) is 2.28. The number of benzene rings is 1. The van der Waals surface area contributed by atoms with Crippen LogP contribution in [0, 0.1) is 17.0 Å². The molecular formula is C12H13NO5. The van der Waals surface area contributed by atoms with Crippen molar-refractivity contribution < 1.29 is 19.6 Å². The minimum Gasteiger partial charge on any atom is -0.489 e. The molecule has 18 heavy (non-hydrogen) atoms. The number of carbonyl (C=O) groups is 1. The predicted molar refractivity (Wildman–Crippen MR) is 64.7 cm³/mol. The first-order valence-electron chi connectivity index (χ1n) is 5.18. The van der Waals surface area contributed by atoms with Crippen molar-refractivity contribution in [2.75, 3.05) is 6.61 Å². The van der Waals surface area contributed by atoms with Gasteiger partial charge in [0.1, 0.15) is 12.4 Å². The fourth-order valence-corrected chi connectivity index (χ4v) is 1.40. The van der Waals surface area contributed by atoms with E-state index in [1.807, 2.05) is 0 Å². The Balaban J connectivity index is 2.83. The molecule has 0 atom stereocenters. The maximum atomic E-state index is 10.7. The summed E-state index contributed by atoms with van der Waals surface area (Å²) in [5, 5.41) is 19.2. The zero-order valence-corrected chi connectivity index (χ0v) is 10.0. The first-order chi connectivity index (χ1) is 8.41. The Morgan fingerprint density at radius 2 is 2.22 bits per heavy atom. The summed E-state index contributed by atoms with van der Waals surface area (Å²) in [6.07, 6.45) is 1.03. The summed E-state index contributed by atoms with van der Waals surface area (Å²) in [4.78, 5) is 20.6. The molecule has 0 amide bonds. The number of carboxylic acids is 1. The van der Waals surface area contributed by atoms with E-state index >= 15 is 0 Å². The van der Waals surface area contributed by atoms with Gasteiger partial charge in [-0.15, -0.1) is 0 Å². The third-order valence-electron chi connectivity index (χ3n) is 2.28. The molecule has 1 aromatic carbocycles.